The van der Waals surface area contributed by atoms with Crippen LogP contribution >= 0.6 is 23.2 Å². The summed E-state index contributed by atoms with van der Waals surface area (Å²) in [5.41, 5.74) is -0.198. The minimum absolute atomic E-state index is 0.00639. The largest absolute Gasteiger partial charge is 0.421 e. The van der Waals surface area contributed by atoms with Gasteiger partial charge in [0, 0.05) is 42.4 Å². The molecular weight excluding hydrogens is 492 g/mol. The molecule has 184 valence electrons. The summed E-state index contributed by atoms with van der Waals surface area (Å²) in [6.07, 6.45) is -2.09. The third-order valence-electron chi connectivity index (χ3n) is 6.10. The Morgan fingerprint density at radius 1 is 1.24 bits per heavy atom. The minimum Gasteiger partial charge on any atom is -0.352 e. The summed E-state index contributed by atoms with van der Waals surface area (Å²) in [6.45, 7) is 3.77. The number of carbonyl (C=O) groups excluding carboxylic acids is 1. The quantitative estimate of drug-likeness (QED) is 0.614. The first kappa shape index (κ1) is 24.8. The number of halogens is 5. The summed E-state index contributed by atoms with van der Waals surface area (Å²) in [4.78, 5) is 24.0. The number of hydrogen-bond acceptors (Lipinski definition) is 6. The standard InChI is InChI=1S/C22H25Cl2F3N6O/c1-13(15-5-4-14(23)11-17(15)24)30-21-29-12-16(22(25,26)27)19(31-21)32-7-9-33(10-8-32)20(34)18-3-2-6-28-18/h4-5,11-13,18,28H,2-3,6-10H2,1H3,(H,29,30,31)/t13-,18-/m1/s1. The Morgan fingerprint density at radius 3 is 2.59 bits per heavy atom. The Morgan fingerprint density at radius 2 is 1.97 bits per heavy atom. The molecule has 2 saturated heterocycles. The van der Waals surface area contributed by atoms with Crippen molar-refractivity contribution in [2.75, 3.05) is 42.9 Å². The van der Waals surface area contributed by atoms with Crippen LogP contribution in [0.15, 0.2) is 24.4 Å². The van der Waals surface area contributed by atoms with E-state index in [1.807, 2.05) is 0 Å². The van der Waals surface area contributed by atoms with E-state index in [2.05, 4.69) is 20.6 Å². The van der Waals surface area contributed by atoms with Gasteiger partial charge in [-0.2, -0.15) is 18.2 Å². The molecule has 34 heavy (non-hydrogen) atoms. The molecule has 2 fully saturated rings. The summed E-state index contributed by atoms with van der Waals surface area (Å²) in [6, 6.07) is 4.44. The molecule has 1 aromatic carbocycles. The van der Waals surface area contributed by atoms with E-state index in [1.165, 1.54) is 0 Å². The maximum absolute atomic E-state index is 13.7. The summed E-state index contributed by atoms with van der Waals surface area (Å²) in [5.74, 6) is -0.146. The molecule has 2 aliphatic heterocycles. The topological polar surface area (TPSA) is 73.4 Å². The summed E-state index contributed by atoms with van der Waals surface area (Å²) >= 11 is 12.2. The monoisotopic (exact) mass is 516 g/mol. The number of nitrogens with one attached hydrogen (secondary N) is 2. The molecule has 0 spiro atoms. The first-order valence-electron chi connectivity index (χ1n) is 11.1. The normalized spacial score (nSPS) is 19.9. The van der Waals surface area contributed by atoms with Gasteiger partial charge in [0.2, 0.25) is 11.9 Å². The molecule has 0 aliphatic carbocycles. The lowest BCUT2D eigenvalue weighted by molar-refractivity contribution is -0.138. The van der Waals surface area contributed by atoms with E-state index < -0.39 is 11.7 Å². The average molecular weight is 517 g/mol. The zero-order valence-corrected chi connectivity index (χ0v) is 20.0. The van der Waals surface area contributed by atoms with E-state index in [1.54, 1.807) is 34.9 Å². The zero-order valence-electron chi connectivity index (χ0n) is 18.5. The molecule has 4 rings (SSSR count). The highest BCUT2D eigenvalue weighted by Gasteiger charge is 2.38. The lowest BCUT2D eigenvalue weighted by Gasteiger charge is -2.37. The molecule has 0 saturated carbocycles. The van der Waals surface area contributed by atoms with Crippen molar-refractivity contribution in [1.29, 1.82) is 0 Å². The van der Waals surface area contributed by atoms with Gasteiger partial charge < -0.3 is 20.4 Å². The Kier molecular flexibility index (Phi) is 7.39. The van der Waals surface area contributed by atoms with Gasteiger partial charge in [-0.3, -0.25) is 4.79 Å². The number of carbonyl (C=O) groups is 1. The van der Waals surface area contributed by atoms with Crippen molar-refractivity contribution in [2.45, 2.75) is 38.0 Å². The molecule has 1 amide bonds. The van der Waals surface area contributed by atoms with E-state index in [9.17, 15) is 18.0 Å². The Bertz CT molecular complexity index is 1040. The van der Waals surface area contributed by atoms with Crippen molar-refractivity contribution in [3.05, 3.63) is 45.6 Å². The van der Waals surface area contributed by atoms with Crippen molar-refractivity contribution in [2.24, 2.45) is 0 Å². The van der Waals surface area contributed by atoms with Gasteiger partial charge in [0.1, 0.15) is 11.4 Å². The fourth-order valence-corrected chi connectivity index (χ4v) is 4.83. The number of benzene rings is 1. The minimum atomic E-state index is -4.61. The molecular formula is C22H25Cl2F3N6O. The number of amides is 1. The number of rotatable bonds is 5. The van der Waals surface area contributed by atoms with Crippen LogP contribution in [-0.2, 0) is 11.0 Å². The van der Waals surface area contributed by atoms with Gasteiger partial charge in [-0.1, -0.05) is 29.3 Å². The second-order valence-electron chi connectivity index (χ2n) is 8.42. The van der Waals surface area contributed by atoms with Crippen molar-refractivity contribution in [3.8, 4) is 0 Å². The first-order valence-corrected chi connectivity index (χ1v) is 11.8. The molecule has 2 N–H and O–H groups in total. The predicted molar refractivity (Wildman–Crippen MR) is 125 cm³/mol. The number of anilines is 2. The van der Waals surface area contributed by atoms with Crippen LogP contribution in [0.2, 0.25) is 10.0 Å². The molecule has 0 unspecified atom stereocenters. The summed E-state index contributed by atoms with van der Waals surface area (Å²) < 4.78 is 41.2. The molecule has 1 aromatic heterocycles. The number of hydrogen-bond donors (Lipinski definition) is 2. The van der Waals surface area contributed by atoms with Crippen LogP contribution in [0, 0.1) is 0 Å². The van der Waals surface area contributed by atoms with Crippen LogP contribution in [-0.4, -0.2) is 59.5 Å². The van der Waals surface area contributed by atoms with Crippen LogP contribution in [0.5, 0.6) is 0 Å². The van der Waals surface area contributed by atoms with Gasteiger partial charge >= 0.3 is 6.18 Å². The van der Waals surface area contributed by atoms with Gasteiger partial charge in [0.05, 0.1) is 12.1 Å². The molecule has 3 heterocycles. The van der Waals surface area contributed by atoms with Gasteiger partial charge in [-0.25, -0.2) is 4.98 Å². The zero-order chi connectivity index (χ0) is 24.5. The van der Waals surface area contributed by atoms with Crippen LogP contribution in [0.3, 0.4) is 0 Å². The molecule has 2 aliphatic rings. The van der Waals surface area contributed by atoms with Gasteiger partial charge in [0.25, 0.3) is 0 Å². The highest BCUT2D eigenvalue weighted by atomic mass is 35.5. The molecule has 0 radical (unpaired) electrons. The van der Waals surface area contributed by atoms with Crippen molar-refractivity contribution in [3.63, 3.8) is 0 Å². The smallest absolute Gasteiger partial charge is 0.352 e. The van der Waals surface area contributed by atoms with Gasteiger partial charge in [-0.05, 0) is 44.0 Å². The van der Waals surface area contributed by atoms with Crippen LogP contribution in [0.4, 0.5) is 24.9 Å². The third kappa shape index (κ3) is 5.50. The van der Waals surface area contributed by atoms with E-state index in [-0.39, 0.29) is 42.8 Å². The molecule has 2 aromatic rings. The average Bonchev–Trinajstić information content (AvgIpc) is 3.33. The van der Waals surface area contributed by atoms with Crippen LogP contribution in [0.25, 0.3) is 0 Å². The van der Waals surface area contributed by atoms with Crippen LogP contribution in [0.1, 0.15) is 36.9 Å². The highest BCUT2D eigenvalue weighted by Crippen LogP contribution is 2.36. The first-order chi connectivity index (χ1) is 16.1. The second-order valence-corrected chi connectivity index (χ2v) is 9.27. The van der Waals surface area contributed by atoms with Crippen molar-refractivity contribution in [1.82, 2.24) is 20.2 Å². The van der Waals surface area contributed by atoms with Crippen molar-refractivity contribution < 1.29 is 18.0 Å². The Balaban J connectivity index is 1.51. The molecule has 7 nitrogen and oxygen atoms in total. The predicted octanol–water partition coefficient (Wildman–Crippen LogP) is 4.38. The molecule has 2 atom stereocenters. The maximum Gasteiger partial charge on any atom is 0.421 e. The summed E-state index contributed by atoms with van der Waals surface area (Å²) in [5, 5.41) is 7.11. The highest BCUT2D eigenvalue weighted by molar-refractivity contribution is 6.35. The maximum atomic E-state index is 13.7. The van der Waals surface area contributed by atoms with Gasteiger partial charge in [0.15, 0.2) is 0 Å². The lowest BCUT2D eigenvalue weighted by Crippen LogP contribution is -2.53. The molecule has 12 heteroatoms. The van der Waals surface area contributed by atoms with E-state index in [0.717, 1.165) is 25.6 Å². The molecule has 0 bridgehead atoms. The number of alkyl halides is 3. The number of aromatic nitrogens is 2. The third-order valence-corrected chi connectivity index (χ3v) is 6.66. The number of piperazine rings is 1. The van der Waals surface area contributed by atoms with Crippen LogP contribution < -0.4 is 15.5 Å². The van der Waals surface area contributed by atoms with E-state index >= 15 is 0 Å². The van der Waals surface area contributed by atoms with E-state index in [0.29, 0.717) is 28.7 Å². The summed E-state index contributed by atoms with van der Waals surface area (Å²) in [7, 11) is 0. The van der Waals surface area contributed by atoms with Gasteiger partial charge in [-0.15, -0.1) is 0 Å². The van der Waals surface area contributed by atoms with E-state index in [4.69, 9.17) is 23.2 Å². The Labute approximate surface area is 205 Å². The SMILES string of the molecule is C[C@@H](Nc1ncc(C(F)(F)F)c(N2CCN(C(=O)[C@H]3CCCN3)CC2)n1)c1ccc(Cl)cc1Cl. The lowest BCUT2D eigenvalue weighted by atomic mass is 10.1. The van der Waals surface area contributed by atoms with Crippen molar-refractivity contribution >= 4 is 40.9 Å². The Hall–Kier alpha value is -2.30. The fraction of sp³-hybridized carbons (Fsp3) is 0.500. The fourth-order valence-electron chi connectivity index (χ4n) is 4.26. The second kappa shape index (κ2) is 10.1. The number of nitrogens with zero attached hydrogens (tertiary/aromatic N) is 4.